The van der Waals surface area contributed by atoms with Crippen LogP contribution in [0.25, 0.3) is 99.8 Å². The van der Waals surface area contributed by atoms with Gasteiger partial charge in [0, 0.05) is 17.3 Å². The first kappa shape index (κ1) is 29.7. The van der Waals surface area contributed by atoms with Gasteiger partial charge < -0.3 is 0 Å². The molecular formula is C49H29N3. The maximum atomic E-state index is 9.39. The molecule has 1 aliphatic rings. The minimum absolute atomic E-state index is 0.612. The first-order chi connectivity index (χ1) is 25.8. The van der Waals surface area contributed by atoms with E-state index in [0.717, 1.165) is 33.8 Å². The van der Waals surface area contributed by atoms with Gasteiger partial charge in [0.05, 0.1) is 28.7 Å². The van der Waals surface area contributed by atoms with Gasteiger partial charge in [0.25, 0.3) is 0 Å². The number of hydrogen-bond acceptors (Lipinski definition) is 3. The number of hydrogen-bond donors (Lipinski definition) is 0. The topological polar surface area (TPSA) is 49.6 Å². The standard InChI is InChI=1S/C49H29N3/c50-29-31-12-9-17-34(28-31)42-22-11-23-44(52-42)43-27-24-35(30-51-43)36-25-26-41-47-37(36)20-10-21-40(47)48-45(32-13-3-1-4-14-32)38-18-7-8-19-39(38)46(49(41)48)33-15-5-2-6-16-33/h1-28,30H. The van der Waals surface area contributed by atoms with Crippen LogP contribution in [0, 0.1) is 11.3 Å². The monoisotopic (exact) mass is 659 g/mol. The van der Waals surface area contributed by atoms with E-state index in [1.807, 2.05) is 42.6 Å². The van der Waals surface area contributed by atoms with Crippen LogP contribution in [-0.2, 0) is 0 Å². The van der Waals surface area contributed by atoms with Crippen molar-refractivity contribution in [1.29, 1.82) is 5.26 Å². The Morgan fingerprint density at radius 2 is 0.962 bits per heavy atom. The molecule has 0 unspecified atom stereocenters. The molecule has 10 rings (SSSR count). The largest absolute Gasteiger partial charge is 0.254 e. The van der Waals surface area contributed by atoms with Gasteiger partial charge in [-0.15, -0.1) is 0 Å². The number of fused-ring (bicyclic) bond motifs is 4. The summed E-state index contributed by atoms with van der Waals surface area (Å²) >= 11 is 0. The first-order valence-electron chi connectivity index (χ1n) is 17.5. The summed E-state index contributed by atoms with van der Waals surface area (Å²) in [7, 11) is 0. The lowest BCUT2D eigenvalue weighted by Crippen LogP contribution is -1.93. The van der Waals surface area contributed by atoms with Gasteiger partial charge >= 0.3 is 0 Å². The Labute approximate surface area is 301 Å². The normalized spacial score (nSPS) is 11.4. The highest BCUT2D eigenvalue weighted by atomic mass is 14.8. The van der Waals surface area contributed by atoms with Gasteiger partial charge in [0.2, 0.25) is 0 Å². The van der Waals surface area contributed by atoms with Gasteiger partial charge in [-0.05, 0) is 102 Å². The molecule has 3 nitrogen and oxygen atoms in total. The Hall–Kier alpha value is -7.15. The highest BCUT2D eigenvalue weighted by Gasteiger charge is 2.31. The van der Waals surface area contributed by atoms with Crippen LogP contribution >= 0.6 is 0 Å². The molecule has 0 fully saturated rings. The summed E-state index contributed by atoms with van der Waals surface area (Å²) in [5.41, 5.74) is 16.2. The van der Waals surface area contributed by atoms with Gasteiger partial charge in [-0.3, -0.25) is 4.98 Å². The maximum Gasteiger partial charge on any atom is 0.0991 e. The molecule has 0 spiro atoms. The second-order valence-corrected chi connectivity index (χ2v) is 13.2. The fourth-order valence-corrected chi connectivity index (χ4v) is 8.05. The summed E-state index contributed by atoms with van der Waals surface area (Å²) in [5, 5.41) is 14.4. The van der Waals surface area contributed by atoms with Crippen LogP contribution in [0.4, 0.5) is 0 Å². The Morgan fingerprint density at radius 1 is 0.385 bits per heavy atom. The molecule has 0 saturated heterocycles. The van der Waals surface area contributed by atoms with Crippen LogP contribution in [-0.4, -0.2) is 9.97 Å². The third kappa shape index (κ3) is 4.66. The highest BCUT2D eigenvalue weighted by molar-refractivity contribution is 6.28. The third-order valence-corrected chi connectivity index (χ3v) is 10.3. The molecule has 0 N–H and O–H groups in total. The van der Waals surface area contributed by atoms with Crippen LogP contribution in [0.1, 0.15) is 5.56 Å². The van der Waals surface area contributed by atoms with Gasteiger partial charge in [-0.25, -0.2) is 4.98 Å². The van der Waals surface area contributed by atoms with Crippen LogP contribution < -0.4 is 0 Å². The fraction of sp³-hybridized carbons (Fsp3) is 0. The Morgan fingerprint density at radius 3 is 1.63 bits per heavy atom. The smallest absolute Gasteiger partial charge is 0.0991 e. The number of nitrogens with zero attached hydrogens (tertiary/aromatic N) is 3. The lowest BCUT2D eigenvalue weighted by atomic mass is 9.82. The molecule has 0 aliphatic heterocycles. The van der Waals surface area contributed by atoms with Gasteiger partial charge in [0.1, 0.15) is 0 Å². The summed E-state index contributed by atoms with van der Waals surface area (Å²) in [6.07, 6.45) is 1.96. The molecule has 0 atom stereocenters. The average molecular weight is 660 g/mol. The molecular weight excluding hydrogens is 631 g/mol. The van der Waals surface area contributed by atoms with Crippen LogP contribution in [0.3, 0.4) is 0 Å². The van der Waals surface area contributed by atoms with Crippen molar-refractivity contribution in [3.8, 4) is 84.3 Å². The van der Waals surface area contributed by atoms with E-state index in [0.29, 0.717) is 5.56 Å². The zero-order chi connectivity index (χ0) is 34.6. The van der Waals surface area contributed by atoms with Crippen molar-refractivity contribution in [3.63, 3.8) is 0 Å². The summed E-state index contributed by atoms with van der Waals surface area (Å²) in [6, 6.07) is 61.8. The average Bonchev–Trinajstić information content (AvgIpc) is 3.55. The lowest BCUT2D eigenvalue weighted by molar-refractivity contribution is 1.25. The van der Waals surface area contributed by atoms with Gasteiger partial charge in [0.15, 0.2) is 0 Å². The number of benzene rings is 7. The van der Waals surface area contributed by atoms with E-state index in [1.54, 1.807) is 6.07 Å². The minimum atomic E-state index is 0.612. The molecule has 0 saturated carbocycles. The van der Waals surface area contributed by atoms with Crippen molar-refractivity contribution >= 4 is 21.5 Å². The highest BCUT2D eigenvalue weighted by Crippen LogP contribution is 2.58. The first-order valence-corrected chi connectivity index (χ1v) is 17.5. The fourth-order valence-electron chi connectivity index (χ4n) is 8.05. The van der Waals surface area contributed by atoms with E-state index < -0.39 is 0 Å². The summed E-state index contributed by atoms with van der Waals surface area (Å²) in [5.74, 6) is 0. The second kappa shape index (κ2) is 12.0. The molecule has 2 aromatic heterocycles. The predicted molar refractivity (Wildman–Crippen MR) is 213 cm³/mol. The molecule has 9 aromatic rings. The third-order valence-electron chi connectivity index (χ3n) is 10.3. The molecule has 1 aliphatic carbocycles. The number of nitriles is 1. The molecule has 0 bridgehead atoms. The summed E-state index contributed by atoms with van der Waals surface area (Å²) < 4.78 is 0. The van der Waals surface area contributed by atoms with Crippen molar-refractivity contribution in [3.05, 3.63) is 182 Å². The molecule has 0 amide bonds. The van der Waals surface area contributed by atoms with Crippen LogP contribution in [0.2, 0.25) is 0 Å². The van der Waals surface area contributed by atoms with Gasteiger partial charge in [-0.2, -0.15) is 5.26 Å². The molecule has 3 heteroatoms. The zero-order valence-corrected chi connectivity index (χ0v) is 28.1. The van der Waals surface area contributed by atoms with Crippen molar-refractivity contribution in [2.24, 2.45) is 0 Å². The maximum absolute atomic E-state index is 9.39. The van der Waals surface area contributed by atoms with Crippen molar-refractivity contribution in [1.82, 2.24) is 9.97 Å². The quantitative estimate of drug-likeness (QED) is 0.185. The number of pyridine rings is 2. The molecule has 7 aromatic carbocycles. The molecule has 0 radical (unpaired) electrons. The van der Waals surface area contributed by atoms with E-state index in [-0.39, 0.29) is 0 Å². The Bertz CT molecular complexity index is 2790. The van der Waals surface area contributed by atoms with E-state index in [4.69, 9.17) is 9.97 Å². The van der Waals surface area contributed by atoms with E-state index in [2.05, 4.69) is 133 Å². The van der Waals surface area contributed by atoms with Crippen molar-refractivity contribution in [2.75, 3.05) is 0 Å². The van der Waals surface area contributed by atoms with E-state index in [9.17, 15) is 5.26 Å². The molecule has 2 heterocycles. The second-order valence-electron chi connectivity index (χ2n) is 13.2. The summed E-state index contributed by atoms with van der Waals surface area (Å²) in [4.78, 5) is 9.84. The number of aromatic nitrogens is 2. The van der Waals surface area contributed by atoms with Crippen molar-refractivity contribution in [2.45, 2.75) is 0 Å². The minimum Gasteiger partial charge on any atom is -0.254 e. The van der Waals surface area contributed by atoms with Crippen molar-refractivity contribution < 1.29 is 0 Å². The van der Waals surface area contributed by atoms with Gasteiger partial charge in [-0.1, -0.05) is 140 Å². The molecule has 240 valence electrons. The van der Waals surface area contributed by atoms with E-state index in [1.165, 1.54) is 66.1 Å². The van der Waals surface area contributed by atoms with Crippen LogP contribution in [0.15, 0.2) is 176 Å². The SMILES string of the molecule is N#Cc1cccc(-c2cccc(-c3ccc(-c4ccc5c6c(cccc46)-c4c-5c(-c5ccccc5)c5ccccc5c4-c4ccccc4)cn3)n2)c1. The molecule has 52 heavy (non-hydrogen) atoms. The van der Waals surface area contributed by atoms with Crippen LogP contribution in [0.5, 0.6) is 0 Å². The lowest BCUT2D eigenvalue weighted by Gasteiger charge is -2.20. The summed E-state index contributed by atoms with van der Waals surface area (Å²) in [6.45, 7) is 0. The van der Waals surface area contributed by atoms with E-state index >= 15 is 0 Å². The Balaban J connectivity index is 1.15. The predicted octanol–water partition coefficient (Wildman–Crippen LogP) is 12.6. The Kier molecular flexibility index (Phi) is 6.87. The number of rotatable bonds is 5. The zero-order valence-electron chi connectivity index (χ0n) is 28.1.